The molecule has 1 fully saturated rings. The summed E-state index contributed by atoms with van der Waals surface area (Å²) >= 11 is 0. The number of imidazole rings is 1. The normalized spacial score (nSPS) is 19.8. The Morgan fingerprint density at radius 1 is 1.08 bits per heavy atom. The minimum absolute atomic E-state index is 0.171. The number of nitrogens with zero attached hydrogens (tertiary/aromatic N) is 4. The molecule has 0 unspecified atom stereocenters. The largest absolute Gasteiger partial charge is 0.378 e. The van der Waals surface area contributed by atoms with Crippen LogP contribution in [-0.4, -0.2) is 58.1 Å². The van der Waals surface area contributed by atoms with Gasteiger partial charge >= 0.3 is 0 Å². The fourth-order valence-corrected chi connectivity index (χ4v) is 3.51. The van der Waals surface area contributed by atoms with Crippen LogP contribution in [0.4, 0.5) is 0 Å². The van der Waals surface area contributed by atoms with Gasteiger partial charge in [-0.05, 0) is 5.56 Å². The second-order valence-corrected chi connectivity index (χ2v) is 6.26. The zero-order chi connectivity index (χ0) is 16.4. The SMILES string of the molecule is O=C([C@H](c1ccccc1)N1CCn2ccnc2C1)N1CCOCC1. The molecule has 4 rings (SSSR count). The van der Waals surface area contributed by atoms with E-state index in [0.29, 0.717) is 32.8 Å². The number of hydrogen-bond acceptors (Lipinski definition) is 4. The number of morpholine rings is 1. The lowest BCUT2D eigenvalue weighted by Crippen LogP contribution is -2.49. The number of carbonyl (C=O) groups excluding carboxylic acids is 1. The third kappa shape index (κ3) is 2.95. The van der Waals surface area contributed by atoms with Crippen molar-refractivity contribution in [1.29, 1.82) is 0 Å². The van der Waals surface area contributed by atoms with Crippen molar-refractivity contribution in [2.45, 2.75) is 19.1 Å². The van der Waals surface area contributed by atoms with E-state index in [1.54, 1.807) is 0 Å². The molecule has 24 heavy (non-hydrogen) atoms. The first-order valence-corrected chi connectivity index (χ1v) is 8.48. The fraction of sp³-hybridized carbons (Fsp3) is 0.444. The summed E-state index contributed by atoms with van der Waals surface area (Å²) in [4.78, 5) is 21.9. The Bertz CT molecular complexity index is 694. The van der Waals surface area contributed by atoms with Gasteiger partial charge in [0.2, 0.25) is 5.91 Å². The maximum Gasteiger partial charge on any atom is 0.244 e. The molecule has 0 N–H and O–H groups in total. The van der Waals surface area contributed by atoms with E-state index < -0.39 is 0 Å². The summed E-state index contributed by atoms with van der Waals surface area (Å²) in [6.07, 6.45) is 3.84. The van der Waals surface area contributed by atoms with Gasteiger partial charge in [0, 0.05) is 38.6 Å². The molecule has 6 heteroatoms. The Morgan fingerprint density at radius 3 is 2.67 bits per heavy atom. The van der Waals surface area contributed by atoms with Crippen molar-refractivity contribution < 1.29 is 9.53 Å². The summed E-state index contributed by atoms with van der Waals surface area (Å²) in [6.45, 7) is 5.00. The number of rotatable bonds is 3. The van der Waals surface area contributed by atoms with Crippen molar-refractivity contribution in [2.24, 2.45) is 0 Å². The van der Waals surface area contributed by atoms with E-state index >= 15 is 0 Å². The van der Waals surface area contributed by atoms with Gasteiger partial charge in [0.1, 0.15) is 11.9 Å². The number of benzene rings is 1. The highest BCUT2D eigenvalue weighted by Crippen LogP contribution is 2.27. The highest BCUT2D eigenvalue weighted by atomic mass is 16.5. The third-order valence-corrected chi connectivity index (χ3v) is 4.81. The van der Waals surface area contributed by atoms with Gasteiger partial charge in [0.15, 0.2) is 0 Å². The van der Waals surface area contributed by atoms with Crippen LogP contribution >= 0.6 is 0 Å². The molecular formula is C18H22N4O2. The van der Waals surface area contributed by atoms with Crippen LogP contribution in [0.15, 0.2) is 42.7 Å². The van der Waals surface area contributed by atoms with Crippen molar-refractivity contribution >= 4 is 5.91 Å². The monoisotopic (exact) mass is 326 g/mol. The molecule has 1 aromatic carbocycles. The van der Waals surface area contributed by atoms with E-state index in [9.17, 15) is 4.79 Å². The first-order chi connectivity index (χ1) is 11.8. The van der Waals surface area contributed by atoms with E-state index in [0.717, 1.165) is 24.5 Å². The summed E-state index contributed by atoms with van der Waals surface area (Å²) in [5, 5.41) is 0. The standard InChI is InChI=1S/C18H22N4O2/c23-18(21-10-12-24-13-11-21)17(15-4-2-1-3-5-15)22-9-8-20-7-6-19-16(20)14-22/h1-7,17H,8-14H2/t17-/m0/s1. The lowest BCUT2D eigenvalue weighted by atomic mass is 10.0. The highest BCUT2D eigenvalue weighted by molar-refractivity contribution is 5.83. The zero-order valence-corrected chi connectivity index (χ0v) is 13.7. The quantitative estimate of drug-likeness (QED) is 0.853. The van der Waals surface area contributed by atoms with Gasteiger partial charge in [-0.25, -0.2) is 4.98 Å². The summed E-state index contributed by atoms with van der Waals surface area (Å²) in [5.74, 6) is 1.20. The topological polar surface area (TPSA) is 50.6 Å². The molecule has 1 atom stereocenters. The van der Waals surface area contributed by atoms with Gasteiger partial charge in [-0.2, -0.15) is 0 Å². The van der Waals surface area contributed by atoms with Crippen LogP contribution in [0.3, 0.4) is 0 Å². The van der Waals surface area contributed by atoms with E-state index in [1.807, 2.05) is 47.6 Å². The van der Waals surface area contributed by atoms with Crippen molar-refractivity contribution in [3.05, 3.63) is 54.1 Å². The lowest BCUT2D eigenvalue weighted by Gasteiger charge is -2.38. The minimum atomic E-state index is -0.255. The van der Waals surface area contributed by atoms with Gasteiger partial charge < -0.3 is 14.2 Å². The molecule has 0 aliphatic carbocycles. The minimum Gasteiger partial charge on any atom is -0.378 e. The summed E-state index contributed by atoms with van der Waals surface area (Å²) < 4.78 is 7.56. The van der Waals surface area contributed by atoms with E-state index in [-0.39, 0.29) is 11.9 Å². The lowest BCUT2D eigenvalue weighted by molar-refractivity contribution is -0.142. The Labute approximate surface area is 141 Å². The Morgan fingerprint density at radius 2 is 1.88 bits per heavy atom. The molecule has 0 radical (unpaired) electrons. The predicted octanol–water partition coefficient (Wildman–Crippen LogP) is 1.30. The molecule has 2 aliphatic rings. The first kappa shape index (κ1) is 15.4. The number of hydrogen-bond donors (Lipinski definition) is 0. The van der Waals surface area contributed by atoms with Crippen LogP contribution in [0.5, 0.6) is 0 Å². The van der Waals surface area contributed by atoms with Crippen LogP contribution in [0, 0.1) is 0 Å². The van der Waals surface area contributed by atoms with Gasteiger partial charge in [-0.1, -0.05) is 30.3 Å². The average Bonchev–Trinajstić information content (AvgIpc) is 3.11. The van der Waals surface area contributed by atoms with Crippen molar-refractivity contribution in [2.75, 3.05) is 32.8 Å². The first-order valence-electron chi connectivity index (χ1n) is 8.48. The molecule has 2 aliphatic heterocycles. The molecule has 1 amide bonds. The van der Waals surface area contributed by atoms with Gasteiger partial charge in [-0.15, -0.1) is 0 Å². The molecule has 0 bridgehead atoms. The second kappa shape index (κ2) is 6.75. The number of fused-ring (bicyclic) bond motifs is 1. The van der Waals surface area contributed by atoms with Crippen LogP contribution in [0.25, 0.3) is 0 Å². The fourth-order valence-electron chi connectivity index (χ4n) is 3.51. The van der Waals surface area contributed by atoms with Crippen LogP contribution in [0.2, 0.25) is 0 Å². The third-order valence-electron chi connectivity index (χ3n) is 4.81. The van der Waals surface area contributed by atoms with Gasteiger partial charge in [0.05, 0.1) is 19.8 Å². The average molecular weight is 326 g/mol. The summed E-state index contributed by atoms with van der Waals surface area (Å²) in [6, 6.07) is 9.83. The Kier molecular flexibility index (Phi) is 4.32. The molecule has 2 aromatic rings. The Balaban J connectivity index is 1.62. The highest BCUT2D eigenvalue weighted by Gasteiger charge is 2.34. The van der Waals surface area contributed by atoms with Crippen LogP contribution in [-0.2, 0) is 22.6 Å². The maximum absolute atomic E-state index is 13.2. The smallest absolute Gasteiger partial charge is 0.244 e. The second-order valence-electron chi connectivity index (χ2n) is 6.26. The van der Waals surface area contributed by atoms with Crippen LogP contribution in [0.1, 0.15) is 17.4 Å². The number of aromatic nitrogens is 2. The summed E-state index contributed by atoms with van der Waals surface area (Å²) in [5.41, 5.74) is 1.05. The molecular weight excluding hydrogens is 304 g/mol. The number of ether oxygens (including phenoxy) is 1. The zero-order valence-electron chi connectivity index (χ0n) is 13.7. The van der Waals surface area contributed by atoms with Crippen molar-refractivity contribution in [3.8, 4) is 0 Å². The molecule has 126 valence electrons. The number of carbonyl (C=O) groups is 1. The van der Waals surface area contributed by atoms with E-state index in [1.165, 1.54) is 0 Å². The molecule has 6 nitrogen and oxygen atoms in total. The molecule has 1 aromatic heterocycles. The molecule has 3 heterocycles. The number of amides is 1. The van der Waals surface area contributed by atoms with Crippen LogP contribution < -0.4 is 0 Å². The summed E-state index contributed by atoms with van der Waals surface area (Å²) in [7, 11) is 0. The van der Waals surface area contributed by atoms with Crippen molar-refractivity contribution in [1.82, 2.24) is 19.4 Å². The van der Waals surface area contributed by atoms with E-state index in [2.05, 4.69) is 14.5 Å². The molecule has 0 spiro atoms. The molecule has 0 saturated carbocycles. The van der Waals surface area contributed by atoms with Gasteiger partial charge in [0.25, 0.3) is 0 Å². The van der Waals surface area contributed by atoms with Crippen molar-refractivity contribution in [3.63, 3.8) is 0 Å². The van der Waals surface area contributed by atoms with E-state index in [4.69, 9.17) is 4.74 Å². The van der Waals surface area contributed by atoms with Gasteiger partial charge in [-0.3, -0.25) is 9.69 Å². The molecule has 1 saturated heterocycles. The Hall–Kier alpha value is -2.18. The maximum atomic E-state index is 13.2. The predicted molar refractivity (Wildman–Crippen MR) is 89.2 cm³/mol.